The molecule has 3 aromatic carbocycles. The fourth-order valence-corrected chi connectivity index (χ4v) is 2.74. The number of carbonyl (C=O) groups excluding carboxylic acids is 2. The Morgan fingerprint density at radius 3 is 1.96 bits per heavy atom. The lowest BCUT2D eigenvalue weighted by Crippen LogP contribution is -2.21. The molecular weight excluding hydrogens is 378 g/mol. The number of hydrogen-bond donors (Lipinski definition) is 3. The molecule has 0 unspecified atom stereocenters. The predicted octanol–water partition coefficient (Wildman–Crippen LogP) is 5.24. The highest BCUT2D eigenvalue weighted by Crippen LogP contribution is 2.25. The van der Waals surface area contributed by atoms with Crippen molar-refractivity contribution in [1.29, 1.82) is 0 Å². The summed E-state index contributed by atoms with van der Waals surface area (Å²) in [5.41, 5.74) is 1.76. The Balaban J connectivity index is 1.75. The quantitative estimate of drug-likeness (QED) is 0.552. The van der Waals surface area contributed by atoms with E-state index in [9.17, 15) is 9.59 Å². The lowest BCUT2D eigenvalue weighted by molar-refractivity contribution is 0.102. The molecule has 7 heteroatoms. The standard InChI is InChI=1S/C21H18ClN3O3/c1-28-19-13-7-2-8-14(19)20(26)23-17-11-5-6-12-18(17)25-21(27)24-16-10-4-3-9-15(16)22/h2-13H,1H3,(H,23,26)(H2,24,25,27). The van der Waals surface area contributed by atoms with Crippen LogP contribution in [0, 0.1) is 0 Å². The maximum absolute atomic E-state index is 12.6. The van der Waals surface area contributed by atoms with Crippen LogP contribution in [-0.2, 0) is 0 Å². The SMILES string of the molecule is COc1ccccc1C(=O)Nc1ccccc1NC(=O)Nc1ccccc1Cl. The topological polar surface area (TPSA) is 79.5 Å². The predicted molar refractivity (Wildman–Crippen MR) is 111 cm³/mol. The van der Waals surface area contributed by atoms with Crippen molar-refractivity contribution in [2.24, 2.45) is 0 Å². The van der Waals surface area contributed by atoms with Gasteiger partial charge < -0.3 is 20.7 Å². The van der Waals surface area contributed by atoms with Gasteiger partial charge in [-0.15, -0.1) is 0 Å². The average molecular weight is 396 g/mol. The smallest absolute Gasteiger partial charge is 0.323 e. The van der Waals surface area contributed by atoms with E-state index in [0.717, 1.165) is 0 Å². The number of methoxy groups -OCH3 is 1. The van der Waals surface area contributed by atoms with Crippen LogP contribution in [0.2, 0.25) is 5.02 Å². The molecule has 0 saturated heterocycles. The molecule has 142 valence electrons. The summed E-state index contributed by atoms with van der Waals surface area (Å²) in [7, 11) is 1.50. The summed E-state index contributed by atoms with van der Waals surface area (Å²) in [6, 6.07) is 20.2. The van der Waals surface area contributed by atoms with Crippen molar-refractivity contribution in [3.05, 3.63) is 83.4 Å². The molecule has 0 saturated carbocycles. The number of hydrogen-bond acceptors (Lipinski definition) is 3. The van der Waals surface area contributed by atoms with Gasteiger partial charge in [-0.2, -0.15) is 0 Å². The normalized spacial score (nSPS) is 10.1. The van der Waals surface area contributed by atoms with Gasteiger partial charge in [0.25, 0.3) is 5.91 Å². The maximum atomic E-state index is 12.6. The van der Waals surface area contributed by atoms with E-state index in [1.807, 2.05) is 0 Å². The zero-order valence-electron chi connectivity index (χ0n) is 15.0. The molecule has 0 atom stereocenters. The second-order valence-electron chi connectivity index (χ2n) is 5.76. The molecule has 3 aromatic rings. The minimum atomic E-state index is -0.480. The number of rotatable bonds is 5. The maximum Gasteiger partial charge on any atom is 0.323 e. The highest BCUT2D eigenvalue weighted by atomic mass is 35.5. The molecule has 0 aliphatic heterocycles. The van der Waals surface area contributed by atoms with Crippen LogP contribution in [-0.4, -0.2) is 19.0 Å². The first-order valence-corrected chi connectivity index (χ1v) is 8.82. The Labute approximate surface area is 167 Å². The molecule has 28 heavy (non-hydrogen) atoms. The molecule has 0 fully saturated rings. The van der Waals surface area contributed by atoms with Gasteiger partial charge in [0.15, 0.2) is 0 Å². The number of benzene rings is 3. The molecule has 0 spiro atoms. The van der Waals surface area contributed by atoms with Crippen molar-refractivity contribution in [2.45, 2.75) is 0 Å². The van der Waals surface area contributed by atoms with E-state index < -0.39 is 6.03 Å². The monoisotopic (exact) mass is 395 g/mol. The fourth-order valence-electron chi connectivity index (χ4n) is 2.56. The number of anilines is 3. The first kappa shape index (κ1) is 19.3. The number of amides is 3. The van der Waals surface area contributed by atoms with Crippen molar-refractivity contribution in [1.82, 2.24) is 0 Å². The first-order valence-electron chi connectivity index (χ1n) is 8.44. The van der Waals surface area contributed by atoms with Gasteiger partial charge in [-0.25, -0.2) is 4.79 Å². The van der Waals surface area contributed by atoms with Crippen molar-refractivity contribution < 1.29 is 14.3 Å². The molecule has 3 N–H and O–H groups in total. The Morgan fingerprint density at radius 1 is 0.750 bits per heavy atom. The number of urea groups is 1. The van der Waals surface area contributed by atoms with Crippen molar-refractivity contribution in [2.75, 3.05) is 23.1 Å². The Morgan fingerprint density at radius 2 is 1.29 bits per heavy atom. The first-order chi connectivity index (χ1) is 13.6. The number of para-hydroxylation sites is 4. The largest absolute Gasteiger partial charge is 0.496 e. The van der Waals surface area contributed by atoms with E-state index in [1.54, 1.807) is 72.8 Å². The van der Waals surface area contributed by atoms with Gasteiger partial charge in [0.1, 0.15) is 5.75 Å². The molecule has 6 nitrogen and oxygen atoms in total. The second-order valence-corrected chi connectivity index (χ2v) is 6.17. The molecular formula is C21H18ClN3O3. The van der Waals surface area contributed by atoms with Crippen LogP contribution in [0.5, 0.6) is 5.75 Å². The number of nitrogens with one attached hydrogen (secondary N) is 3. The zero-order chi connectivity index (χ0) is 19.9. The molecule has 3 amide bonds. The summed E-state index contributed by atoms with van der Waals surface area (Å²) in [5.74, 6) is 0.111. The van der Waals surface area contributed by atoms with E-state index in [1.165, 1.54) is 7.11 Å². The molecule has 3 rings (SSSR count). The van der Waals surface area contributed by atoms with Gasteiger partial charge in [-0.3, -0.25) is 4.79 Å². The summed E-state index contributed by atoms with van der Waals surface area (Å²) < 4.78 is 5.22. The second kappa shape index (κ2) is 8.92. The highest BCUT2D eigenvalue weighted by molar-refractivity contribution is 6.33. The van der Waals surface area contributed by atoms with Crippen LogP contribution >= 0.6 is 11.6 Å². The van der Waals surface area contributed by atoms with Gasteiger partial charge >= 0.3 is 6.03 Å². The molecule has 0 aliphatic carbocycles. The Kier molecular flexibility index (Phi) is 6.14. The van der Waals surface area contributed by atoms with E-state index in [-0.39, 0.29) is 5.91 Å². The van der Waals surface area contributed by atoms with Crippen LogP contribution in [0.4, 0.5) is 21.9 Å². The summed E-state index contributed by atoms with van der Waals surface area (Å²) >= 11 is 6.06. The third-order valence-corrected chi connectivity index (χ3v) is 4.23. The number of halogens is 1. The van der Waals surface area contributed by atoms with Crippen molar-refractivity contribution in [3.8, 4) is 5.75 Å². The van der Waals surface area contributed by atoms with Crippen LogP contribution in [0.25, 0.3) is 0 Å². The van der Waals surface area contributed by atoms with Crippen LogP contribution in [0.1, 0.15) is 10.4 Å². The minimum absolute atomic E-state index is 0.349. The van der Waals surface area contributed by atoms with Crippen molar-refractivity contribution >= 4 is 40.6 Å². The van der Waals surface area contributed by atoms with E-state index >= 15 is 0 Å². The summed E-state index contributed by atoms with van der Waals surface area (Å²) in [6.45, 7) is 0. The van der Waals surface area contributed by atoms with E-state index in [4.69, 9.17) is 16.3 Å². The van der Waals surface area contributed by atoms with Gasteiger partial charge in [-0.1, -0.05) is 48.0 Å². The number of carbonyl (C=O) groups is 2. The minimum Gasteiger partial charge on any atom is -0.496 e. The van der Waals surface area contributed by atoms with Gasteiger partial charge in [-0.05, 0) is 36.4 Å². The average Bonchev–Trinajstić information content (AvgIpc) is 2.71. The molecule has 0 aliphatic rings. The van der Waals surface area contributed by atoms with Gasteiger partial charge in [0.2, 0.25) is 0 Å². The van der Waals surface area contributed by atoms with E-state index in [2.05, 4.69) is 16.0 Å². The number of ether oxygens (including phenoxy) is 1. The zero-order valence-corrected chi connectivity index (χ0v) is 15.8. The third-order valence-electron chi connectivity index (χ3n) is 3.90. The van der Waals surface area contributed by atoms with Crippen LogP contribution in [0.3, 0.4) is 0 Å². The molecule has 0 radical (unpaired) electrons. The fraction of sp³-hybridized carbons (Fsp3) is 0.0476. The molecule has 0 aromatic heterocycles. The Bertz CT molecular complexity index is 1010. The molecule has 0 bridgehead atoms. The van der Waals surface area contributed by atoms with Crippen LogP contribution in [0.15, 0.2) is 72.8 Å². The van der Waals surface area contributed by atoms with Gasteiger partial charge in [0.05, 0.1) is 34.8 Å². The Hall–Kier alpha value is -3.51. The van der Waals surface area contributed by atoms with Gasteiger partial charge in [0, 0.05) is 0 Å². The lowest BCUT2D eigenvalue weighted by atomic mass is 10.1. The molecule has 0 heterocycles. The van der Waals surface area contributed by atoms with E-state index in [0.29, 0.717) is 33.4 Å². The summed E-state index contributed by atoms with van der Waals surface area (Å²) in [5, 5.41) is 8.61. The summed E-state index contributed by atoms with van der Waals surface area (Å²) in [4.78, 5) is 25.0. The third kappa shape index (κ3) is 4.61. The highest BCUT2D eigenvalue weighted by Gasteiger charge is 2.14. The lowest BCUT2D eigenvalue weighted by Gasteiger charge is -2.14. The van der Waals surface area contributed by atoms with Crippen molar-refractivity contribution in [3.63, 3.8) is 0 Å². The van der Waals surface area contributed by atoms with Crippen LogP contribution < -0.4 is 20.7 Å². The summed E-state index contributed by atoms with van der Waals surface area (Å²) in [6.07, 6.45) is 0.